The van der Waals surface area contributed by atoms with Crippen LogP contribution in [0.2, 0.25) is 0 Å². The van der Waals surface area contributed by atoms with Crippen molar-refractivity contribution in [1.29, 1.82) is 0 Å². The van der Waals surface area contributed by atoms with Gasteiger partial charge in [-0.05, 0) is 44.5 Å². The number of piperidine rings is 1. The van der Waals surface area contributed by atoms with Gasteiger partial charge in [-0.1, -0.05) is 30.3 Å². The summed E-state index contributed by atoms with van der Waals surface area (Å²) in [4.78, 5) is 5.05. The first-order chi connectivity index (χ1) is 9.83. The molecule has 1 saturated heterocycles. The average molecular weight is 272 g/mol. The number of nitrogens with zero attached hydrogens (tertiary/aromatic N) is 2. The Kier molecular flexibility index (Phi) is 4.38. The highest BCUT2D eigenvalue weighted by atomic mass is 16.5. The number of likely N-dealkylation sites (tertiary alicyclic amines) is 1. The maximum Gasteiger partial charge on any atom is 0.149 e. The van der Waals surface area contributed by atoms with Gasteiger partial charge < -0.3 is 4.74 Å². The van der Waals surface area contributed by atoms with Crippen molar-refractivity contribution in [2.45, 2.75) is 38.6 Å². The van der Waals surface area contributed by atoms with Crippen LogP contribution in [0.3, 0.4) is 0 Å². The van der Waals surface area contributed by atoms with E-state index in [1.54, 1.807) is 0 Å². The van der Waals surface area contributed by atoms with Gasteiger partial charge in [0.2, 0.25) is 0 Å². The molecule has 1 aromatic rings. The van der Waals surface area contributed by atoms with E-state index in [1.165, 1.54) is 31.5 Å². The summed E-state index contributed by atoms with van der Waals surface area (Å²) < 4.78 is 5.60. The molecule has 0 amide bonds. The highest BCUT2D eigenvalue weighted by Crippen LogP contribution is 2.22. The number of benzene rings is 1. The maximum atomic E-state index is 5.60. The normalized spacial score (nSPS) is 25.6. The molecule has 1 aromatic carbocycles. The molecule has 3 nitrogen and oxygen atoms in total. The zero-order valence-electron chi connectivity index (χ0n) is 12.2. The van der Waals surface area contributed by atoms with Crippen LogP contribution in [0.1, 0.15) is 25.3 Å². The third-order valence-electron chi connectivity index (χ3n) is 4.43. The van der Waals surface area contributed by atoms with Crippen molar-refractivity contribution in [2.24, 2.45) is 0 Å². The van der Waals surface area contributed by atoms with Gasteiger partial charge in [0.1, 0.15) is 6.23 Å². The van der Waals surface area contributed by atoms with Crippen molar-refractivity contribution < 1.29 is 4.74 Å². The fraction of sp³-hybridized carbons (Fsp3) is 0.529. The van der Waals surface area contributed by atoms with Crippen LogP contribution >= 0.6 is 0 Å². The average Bonchev–Trinajstić information content (AvgIpc) is 2.50. The van der Waals surface area contributed by atoms with Crippen molar-refractivity contribution in [3.63, 3.8) is 0 Å². The topological polar surface area (TPSA) is 15.7 Å². The lowest BCUT2D eigenvalue weighted by Crippen LogP contribution is -2.49. The molecule has 0 aliphatic carbocycles. The van der Waals surface area contributed by atoms with Gasteiger partial charge in [0.25, 0.3) is 0 Å². The van der Waals surface area contributed by atoms with Crippen molar-refractivity contribution in [1.82, 2.24) is 9.80 Å². The number of ether oxygens (including phenoxy) is 1. The van der Waals surface area contributed by atoms with Gasteiger partial charge in [-0.25, -0.2) is 0 Å². The Labute approximate surface area is 121 Å². The van der Waals surface area contributed by atoms with Crippen molar-refractivity contribution in [2.75, 3.05) is 19.6 Å². The van der Waals surface area contributed by atoms with E-state index in [4.69, 9.17) is 4.74 Å². The highest BCUT2D eigenvalue weighted by molar-refractivity contribution is 5.14. The molecule has 2 aliphatic rings. The molecular formula is C17H24N2O. The molecule has 1 fully saturated rings. The predicted molar refractivity (Wildman–Crippen MR) is 81.1 cm³/mol. The number of hydrogen-bond acceptors (Lipinski definition) is 3. The monoisotopic (exact) mass is 272 g/mol. The molecule has 2 heterocycles. The van der Waals surface area contributed by atoms with Gasteiger partial charge in [0.05, 0.1) is 6.26 Å². The lowest BCUT2D eigenvalue weighted by atomic mass is 10.0. The first-order valence-corrected chi connectivity index (χ1v) is 7.65. The molecule has 20 heavy (non-hydrogen) atoms. The second-order valence-corrected chi connectivity index (χ2v) is 5.80. The Bertz CT molecular complexity index is 438. The second kappa shape index (κ2) is 6.42. The summed E-state index contributed by atoms with van der Waals surface area (Å²) in [5.41, 5.74) is 1.42. The largest absolute Gasteiger partial charge is 0.483 e. The van der Waals surface area contributed by atoms with E-state index in [9.17, 15) is 0 Å². The zero-order valence-corrected chi connectivity index (χ0v) is 12.2. The predicted octanol–water partition coefficient (Wildman–Crippen LogP) is 2.84. The molecule has 3 heteroatoms. The van der Waals surface area contributed by atoms with E-state index in [0.717, 1.165) is 13.1 Å². The van der Waals surface area contributed by atoms with Gasteiger partial charge in [0.15, 0.2) is 0 Å². The fourth-order valence-corrected chi connectivity index (χ4v) is 3.26. The molecule has 3 rings (SSSR count). The van der Waals surface area contributed by atoms with E-state index >= 15 is 0 Å². The summed E-state index contributed by atoms with van der Waals surface area (Å²) in [6, 6.07) is 11.4. The smallest absolute Gasteiger partial charge is 0.149 e. The van der Waals surface area contributed by atoms with Gasteiger partial charge in [0, 0.05) is 19.1 Å². The van der Waals surface area contributed by atoms with E-state index in [2.05, 4.69) is 53.1 Å². The van der Waals surface area contributed by atoms with E-state index in [-0.39, 0.29) is 6.23 Å². The van der Waals surface area contributed by atoms with Crippen molar-refractivity contribution in [3.8, 4) is 0 Å². The Morgan fingerprint density at radius 1 is 1.15 bits per heavy atom. The molecule has 1 atom stereocenters. The third kappa shape index (κ3) is 3.22. The van der Waals surface area contributed by atoms with Crippen LogP contribution in [0.4, 0.5) is 0 Å². The quantitative estimate of drug-likeness (QED) is 0.841. The molecule has 0 radical (unpaired) electrons. The highest BCUT2D eigenvalue weighted by Gasteiger charge is 2.28. The Balaban J connectivity index is 1.51. The molecular weight excluding hydrogens is 248 g/mol. The van der Waals surface area contributed by atoms with Crippen LogP contribution in [0.15, 0.2) is 42.7 Å². The van der Waals surface area contributed by atoms with Crippen molar-refractivity contribution in [3.05, 3.63) is 48.2 Å². The molecule has 0 saturated carbocycles. The summed E-state index contributed by atoms with van der Waals surface area (Å²) >= 11 is 0. The zero-order chi connectivity index (χ0) is 13.8. The van der Waals surface area contributed by atoms with Gasteiger partial charge >= 0.3 is 0 Å². The van der Waals surface area contributed by atoms with E-state index < -0.39 is 0 Å². The SMILES string of the molecule is CC1OC=CCN1C1CCN(Cc2ccccc2)CC1. The fourth-order valence-electron chi connectivity index (χ4n) is 3.26. The third-order valence-corrected chi connectivity index (χ3v) is 4.43. The Morgan fingerprint density at radius 2 is 1.90 bits per heavy atom. The van der Waals surface area contributed by atoms with E-state index in [1.807, 2.05) is 6.26 Å². The van der Waals surface area contributed by atoms with Crippen LogP contribution < -0.4 is 0 Å². The van der Waals surface area contributed by atoms with Crippen LogP contribution in [-0.4, -0.2) is 41.7 Å². The lowest BCUT2D eigenvalue weighted by Gasteiger charge is -2.41. The van der Waals surface area contributed by atoms with Crippen LogP contribution in [-0.2, 0) is 11.3 Å². The molecule has 108 valence electrons. The van der Waals surface area contributed by atoms with Crippen molar-refractivity contribution >= 4 is 0 Å². The van der Waals surface area contributed by atoms with Gasteiger partial charge in [-0.2, -0.15) is 0 Å². The van der Waals surface area contributed by atoms with Crippen LogP contribution in [0, 0.1) is 0 Å². The van der Waals surface area contributed by atoms with E-state index in [0.29, 0.717) is 6.04 Å². The second-order valence-electron chi connectivity index (χ2n) is 5.80. The summed E-state index contributed by atoms with van der Waals surface area (Å²) in [6.07, 6.45) is 6.68. The minimum atomic E-state index is 0.227. The molecule has 1 unspecified atom stereocenters. The first kappa shape index (κ1) is 13.7. The standard InChI is InChI=1S/C17H24N2O/c1-15-19(10-5-13-20-15)17-8-11-18(12-9-17)14-16-6-3-2-4-7-16/h2-7,13,15,17H,8-12,14H2,1H3. The molecule has 0 aromatic heterocycles. The summed E-state index contributed by atoms with van der Waals surface area (Å²) in [6.45, 7) is 6.64. The minimum Gasteiger partial charge on any atom is -0.483 e. The summed E-state index contributed by atoms with van der Waals surface area (Å²) in [5.74, 6) is 0. The van der Waals surface area contributed by atoms with Crippen LogP contribution in [0.5, 0.6) is 0 Å². The number of hydrogen-bond donors (Lipinski definition) is 0. The maximum absolute atomic E-state index is 5.60. The lowest BCUT2D eigenvalue weighted by molar-refractivity contribution is -0.0434. The summed E-state index contributed by atoms with van der Waals surface area (Å²) in [7, 11) is 0. The Hall–Kier alpha value is -1.32. The Morgan fingerprint density at radius 3 is 2.60 bits per heavy atom. The molecule has 0 spiro atoms. The molecule has 0 N–H and O–H groups in total. The molecule has 2 aliphatic heterocycles. The first-order valence-electron chi connectivity index (χ1n) is 7.65. The van der Waals surface area contributed by atoms with Gasteiger partial charge in [-0.15, -0.1) is 0 Å². The number of rotatable bonds is 3. The minimum absolute atomic E-state index is 0.227. The summed E-state index contributed by atoms with van der Waals surface area (Å²) in [5, 5.41) is 0. The van der Waals surface area contributed by atoms with Crippen LogP contribution in [0.25, 0.3) is 0 Å². The van der Waals surface area contributed by atoms with Gasteiger partial charge in [-0.3, -0.25) is 9.80 Å². The molecule has 0 bridgehead atoms.